The van der Waals surface area contributed by atoms with Gasteiger partial charge in [-0.25, -0.2) is 4.79 Å². The lowest BCUT2D eigenvalue weighted by Gasteiger charge is -2.09. The maximum absolute atomic E-state index is 11.9. The molecule has 0 aromatic heterocycles. The van der Waals surface area contributed by atoms with Gasteiger partial charge in [0, 0.05) is 22.3 Å². The molecule has 0 aliphatic carbocycles. The second-order valence-corrected chi connectivity index (χ2v) is 5.96. The summed E-state index contributed by atoms with van der Waals surface area (Å²) >= 11 is 3.17. The van der Waals surface area contributed by atoms with E-state index in [0.717, 1.165) is 0 Å². The number of rotatable bonds is 5. The van der Waals surface area contributed by atoms with Crippen LogP contribution in [0.5, 0.6) is 5.75 Å². The molecule has 1 amide bonds. The number of esters is 1. The van der Waals surface area contributed by atoms with Crippen LogP contribution in [0, 0.1) is 17.0 Å². The van der Waals surface area contributed by atoms with E-state index in [2.05, 4.69) is 21.2 Å². The van der Waals surface area contributed by atoms with Crippen molar-refractivity contribution in [2.45, 2.75) is 6.92 Å². The van der Waals surface area contributed by atoms with E-state index >= 15 is 0 Å². The molecule has 0 fully saturated rings. The number of phenols is 1. The molecule has 2 aromatic carbocycles. The average Bonchev–Trinajstić information content (AvgIpc) is 2.56. The van der Waals surface area contributed by atoms with Crippen LogP contribution in [0.15, 0.2) is 40.9 Å². The third kappa shape index (κ3) is 4.77. The molecule has 2 rings (SSSR count). The van der Waals surface area contributed by atoms with Crippen molar-refractivity contribution in [3.8, 4) is 5.75 Å². The molecular weight excluding hydrogens is 396 g/mol. The molecule has 0 saturated heterocycles. The minimum absolute atomic E-state index is 0.0753. The largest absolute Gasteiger partial charge is 0.507 e. The zero-order valence-electron chi connectivity index (χ0n) is 13.0. The zero-order valence-corrected chi connectivity index (χ0v) is 14.6. The lowest BCUT2D eigenvalue weighted by atomic mass is 10.2. The van der Waals surface area contributed by atoms with Crippen molar-refractivity contribution in [3.63, 3.8) is 0 Å². The van der Waals surface area contributed by atoms with Crippen molar-refractivity contribution in [2.24, 2.45) is 0 Å². The van der Waals surface area contributed by atoms with E-state index in [1.54, 1.807) is 13.0 Å². The number of hydrogen-bond donors (Lipinski definition) is 2. The summed E-state index contributed by atoms with van der Waals surface area (Å²) in [6.07, 6.45) is 0. The molecule has 0 heterocycles. The number of carbonyl (C=O) groups excluding carboxylic acids is 2. The Hall–Kier alpha value is -2.94. The van der Waals surface area contributed by atoms with Crippen molar-refractivity contribution in [1.29, 1.82) is 0 Å². The van der Waals surface area contributed by atoms with Crippen LogP contribution >= 0.6 is 15.9 Å². The number of hydrogen-bond acceptors (Lipinski definition) is 6. The van der Waals surface area contributed by atoms with Crippen LogP contribution < -0.4 is 5.32 Å². The Morgan fingerprint density at radius 1 is 1.28 bits per heavy atom. The van der Waals surface area contributed by atoms with Crippen molar-refractivity contribution >= 4 is 39.2 Å². The topological polar surface area (TPSA) is 119 Å². The molecule has 2 aromatic rings. The summed E-state index contributed by atoms with van der Waals surface area (Å²) in [5, 5.41) is 22.8. The fourth-order valence-corrected chi connectivity index (χ4v) is 2.33. The minimum Gasteiger partial charge on any atom is -0.507 e. The molecule has 25 heavy (non-hydrogen) atoms. The smallest absolute Gasteiger partial charge is 0.342 e. The standard InChI is InChI=1S/C16H13BrN2O6/c1-9-6-11(19(23)24)3-4-13(9)18-15(21)8-25-16(22)12-7-10(17)2-5-14(12)20/h2-7,20H,8H2,1H3,(H,18,21). The molecule has 0 spiro atoms. The van der Waals surface area contributed by atoms with Crippen LogP contribution in [0.2, 0.25) is 0 Å². The van der Waals surface area contributed by atoms with E-state index in [0.29, 0.717) is 15.7 Å². The van der Waals surface area contributed by atoms with Gasteiger partial charge in [-0.1, -0.05) is 15.9 Å². The van der Waals surface area contributed by atoms with E-state index in [4.69, 9.17) is 4.74 Å². The quantitative estimate of drug-likeness (QED) is 0.445. The van der Waals surface area contributed by atoms with Gasteiger partial charge in [0.25, 0.3) is 11.6 Å². The second kappa shape index (κ2) is 7.75. The molecular formula is C16H13BrN2O6. The number of phenolic OH excluding ortho intramolecular Hbond substituents is 1. The maximum atomic E-state index is 11.9. The summed E-state index contributed by atoms with van der Waals surface area (Å²) in [4.78, 5) is 33.9. The predicted molar refractivity (Wildman–Crippen MR) is 92.6 cm³/mol. The van der Waals surface area contributed by atoms with Gasteiger partial charge < -0.3 is 15.2 Å². The van der Waals surface area contributed by atoms with Crippen LogP contribution in [-0.4, -0.2) is 28.5 Å². The molecule has 0 aliphatic rings. The Labute approximate surface area is 150 Å². The number of halogens is 1. The van der Waals surface area contributed by atoms with E-state index in [9.17, 15) is 24.8 Å². The van der Waals surface area contributed by atoms with E-state index < -0.39 is 23.4 Å². The zero-order chi connectivity index (χ0) is 18.6. The Morgan fingerprint density at radius 2 is 2.00 bits per heavy atom. The first-order chi connectivity index (χ1) is 11.8. The van der Waals surface area contributed by atoms with Gasteiger partial charge in [0.2, 0.25) is 0 Å². The third-order valence-electron chi connectivity index (χ3n) is 3.21. The summed E-state index contributed by atoms with van der Waals surface area (Å²) < 4.78 is 5.43. The summed E-state index contributed by atoms with van der Waals surface area (Å²) in [5.41, 5.74) is 0.705. The molecule has 0 bridgehead atoms. The highest BCUT2D eigenvalue weighted by atomic mass is 79.9. The van der Waals surface area contributed by atoms with Crippen LogP contribution in [0.3, 0.4) is 0 Å². The number of amides is 1. The fourth-order valence-electron chi connectivity index (χ4n) is 1.97. The molecule has 0 aliphatic heterocycles. The molecule has 2 N–H and O–H groups in total. The number of benzene rings is 2. The van der Waals surface area contributed by atoms with Crippen molar-refractivity contribution < 1.29 is 24.4 Å². The van der Waals surface area contributed by atoms with Gasteiger partial charge in [0.1, 0.15) is 11.3 Å². The molecule has 0 atom stereocenters. The lowest BCUT2D eigenvalue weighted by Crippen LogP contribution is -2.21. The minimum atomic E-state index is -0.852. The lowest BCUT2D eigenvalue weighted by molar-refractivity contribution is -0.384. The van der Waals surface area contributed by atoms with Gasteiger partial charge >= 0.3 is 5.97 Å². The SMILES string of the molecule is Cc1cc([N+](=O)[O-])ccc1NC(=O)COC(=O)c1cc(Br)ccc1O. The highest BCUT2D eigenvalue weighted by molar-refractivity contribution is 9.10. The Kier molecular flexibility index (Phi) is 5.71. The van der Waals surface area contributed by atoms with Gasteiger partial charge in [-0.3, -0.25) is 14.9 Å². The first-order valence-corrected chi connectivity index (χ1v) is 7.78. The predicted octanol–water partition coefficient (Wildman–Crippen LogP) is 3.17. The van der Waals surface area contributed by atoms with Gasteiger partial charge in [-0.2, -0.15) is 0 Å². The normalized spacial score (nSPS) is 10.2. The number of carbonyl (C=O) groups is 2. The Balaban J connectivity index is 1.98. The molecule has 0 saturated carbocycles. The van der Waals surface area contributed by atoms with Crippen LogP contribution in [0.25, 0.3) is 0 Å². The number of nitrogens with zero attached hydrogens (tertiary/aromatic N) is 1. The Bertz CT molecular complexity index is 853. The third-order valence-corrected chi connectivity index (χ3v) is 3.70. The number of aryl methyl sites for hydroxylation is 1. The molecule has 9 heteroatoms. The molecule has 0 unspecified atom stereocenters. The van der Waals surface area contributed by atoms with Gasteiger partial charge in [-0.15, -0.1) is 0 Å². The van der Waals surface area contributed by atoms with E-state index in [-0.39, 0.29) is 17.0 Å². The van der Waals surface area contributed by atoms with Gasteiger partial charge in [0.05, 0.1) is 4.92 Å². The molecule has 0 radical (unpaired) electrons. The Morgan fingerprint density at radius 3 is 2.64 bits per heavy atom. The highest BCUT2D eigenvalue weighted by Crippen LogP contribution is 2.23. The average molecular weight is 409 g/mol. The van der Waals surface area contributed by atoms with E-state index in [1.165, 1.54) is 30.3 Å². The number of nitro benzene ring substituents is 1. The van der Waals surface area contributed by atoms with E-state index in [1.807, 2.05) is 0 Å². The molecule has 8 nitrogen and oxygen atoms in total. The van der Waals surface area contributed by atoms with Crippen molar-refractivity contribution in [3.05, 3.63) is 62.1 Å². The first-order valence-electron chi connectivity index (χ1n) is 6.98. The van der Waals surface area contributed by atoms with Crippen molar-refractivity contribution in [2.75, 3.05) is 11.9 Å². The number of non-ortho nitro benzene ring substituents is 1. The monoisotopic (exact) mass is 408 g/mol. The summed E-state index contributed by atoms with van der Waals surface area (Å²) in [5.74, 6) is -1.73. The number of nitro groups is 1. The number of anilines is 1. The summed E-state index contributed by atoms with van der Waals surface area (Å²) in [6, 6.07) is 8.22. The number of aromatic hydroxyl groups is 1. The van der Waals surface area contributed by atoms with Crippen LogP contribution in [0.1, 0.15) is 15.9 Å². The summed E-state index contributed by atoms with van der Waals surface area (Å²) in [6.45, 7) is 1.04. The van der Waals surface area contributed by atoms with Gasteiger partial charge in [-0.05, 0) is 36.8 Å². The maximum Gasteiger partial charge on any atom is 0.342 e. The highest BCUT2D eigenvalue weighted by Gasteiger charge is 2.16. The van der Waals surface area contributed by atoms with Crippen LogP contribution in [0.4, 0.5) is 11.4 Å². The molecule has 130 valence electrons. The second-order valence-electron chi connectivity index (χ2n) is 5.04. The summed E-state index contributed by atoms with van der Waals surface area (Å²) in [7, 11) is 0. The number of ether oxygens (including phenoxy) is 1. The van der Waals surface area contributed by atoms with Crippen LogP contribution in [-0.2, 0) is 9.53 Å². The van der Waals surface area contributed by atoms with Crippen molar-refractivity contribution in [1.82, 2.24) is 0 Å². The van der Waals surface area contributed by atoms with Gasteiger partial charge in [0.15, 0.2) is 6.61 Å². The first kappa shape index (κ1) is 18.4. The fraction of sp³-hybridized carbons (Fsp3) is 0.125. The number of nitrogens with one attached hydrogen (secondary N) is 1.